The van der Waals surface area contributed by atoms with Crippen LogP contribution in [-0.2, 0) is 9.47 Å². The van der Waals surface area contributed by atoms with E-state index in [0.29, 0.717) is 10.8 Å². The van der Waals surface area contributed by atoms with Crippen molar-refractivity contribution in [1.82, 2.24) is 0 Å². The summed E-state index contributed by atoms with van der Waals surface area (Å²) in [4.78, 5) is 0. The van der Waals surface area contributed by atoms with Gasteiger partial charge in [-0.3, -0.25) is 0 Å². The zero-order valence-corrected chi connectivity index (χ0v) is 13.2. The lowest BCUT2D eigenvalue weighted by molar-refractivity contribution is 0.152. The topological polar surface area (TPSA) is 18.5 Å². The molecule has 2 nitrogen and oxygen atoms in total. The number of hydrogen-bond acceptors (Lipinski definition) is 2. The molecule has 0 bridgehead atoms. The van der Waals surface area contributed by atoms with E-state index < -0.39 is 0 Å². The van der Waals surface area contributed by atoms with Crippen LogP contribution in [0.25, 0.3) is 0 Å². The van der Waals surface area contributed by atoms with Crippen LogP contribution in [0.2, 0.25) is 0 Å². The van der Waals surface area contributed by atoms with Crippen LogP contribution >= 0.6 is 0 Å². The SMILES string of the molecule is CC(C)(C)[C@@H]1CCOC1.CC(C)(C)[C@H]1CCOC1. The van der Waals surface area contributed by atoms with E-state index in [-0.39, 0.29) is 0 Å². The molecule has 2 aliphatic heterocycles. The van der Waals surface area contributed by atoms with Crippen LogP contribution < -0.4 is 0 Å². The molecule has 0 saturated carbocycles. The maximum Gasteiger partial charge on any atom is 0.0500 e. The van der Waals surface area contributed by atoms with Gasteiger partial charge in [-0.05, 0) is 35.5 Å². The van der Waals surface area contributed by atoms with Crippen LogP contribution in [0.4, 0.5) is 0 Å². The van der Waals surface area contributed by atoms with Crippen molar-refractivity contribution in [1.29, 1.82) is 0 Å². The van der Waals surface area contributed by atoms with Crippen LogP contribution in [0.1, 0.15) is 54.4 Å². The lowest BCUT2D eigenvalue weighted by Crippen LogP contribution is -2.19. The molecule has 2 heteroatoms. The molecule has 2 atom stereocenters. The van der Waals surface area contributed by atoms with Gasteiger partial charge >= 0.3 is 0 Å². The molecule has 0 unspecified atom stereocenters. The molecule has 2 fully saturated rings. The second kappa shape index (κ2) is 6.38. The molecular formula is C16H32O2. The third kappa shape index (κ3) is 5.27. The normalized spacial score (nSPS) is 29.0. The van der Waals surface area contributed by atoms with E-state index in [4.69, 9.17) is 9.47 Å². The first-order valence-corrected chi connectivity index (χ1v) is 7.37. The molecule has 0 aromatic carbocycles. The van der Waals surface area contributed by atoms with E-state index in [1.54, 1.807) is 0 Å². The Bertz CT molecular complexity index is 196. The fraction of sp³-hybridized carbons (Fsp3) is 1.00. The van der Waals surface area contributed by atoms with Crippen molar-refractivity contribution in [3.05, 3.63) is 0 Å². The molecule has 0 aromatic heterocycles. The highest BCUT2D eigenvalue weighted by Gasteiger charge is 2.28. The zero-order valence-electron chi connectivity index (χ0n) is 13.2. The Morgan fingerprint density at radius 1 is 0.667 bits per heavy atom. The predicted molar refractivity (Wildman–Crippen MR) is 76.8 cm³/mol. The van der Waals surface area contributed by atoms with Crippen LogP contribution in [0.5, 0.6) is 0 Å². The van der Waals surface area contributed by atoms with Crippen LogP contribution in [0.15, 0.2) is 0 Å². The molecule has 2 aliphatic rings. The third-order valence-corrected chi connectivity index (χ3v) is 4.31. The quantitative estimate of drug-likeness (QED) is 0.648. The smallest absolute Gasteiger partial charge is 0.0500 e. The van der Waals surface area contributed by atoms with Crippen molar-refractivity contribution in [2.45, 2.75) is 54.4 Å². The second-order valence-electron chi connectivity index (χ2n) is 7.85. The molecule has 0 radical (unpaired) electrons. The van der Waals surface area contributed by atoms with Gasteiger partial charge in [0.2, 0.25) is 0 Å². The molecular weight excluding hydrogens is 224 g/mol. The van der Waals surface area contributed by atoms with Crippen LogP contribution in [0, 0.1) is 22.7 Å². The first-order chi connectivity index (χ1) is 8.21. The summed E-state index contributed by atoms with van der Waals surface area (Å²) < 4.78 is 10.6. The van der Waals surface area contributed by atoms with Gasteiger partial charge in [-0.1, -0.05) is 41.5 Å². The van der Waals surface area contributed by atoms with Crippen molar-refractivity contribution < 1.29 is 9.47 Å². The van der Waals surface area contributed by atoms with E-state index >= 15 is 0 Å². The van der Waals surface area contributed by atoms with Gasteiger partial charge in [-0.2, -0.15) is 0 Å². The van der Waals surface area contributed by atoms with Gasteiger partial charge in [-0.15, -0.1) is 0 Å². The summed E-state index contributed by atoms with van der Waals surface area (Å²) in [5.41, 5.74) is 0.910. The minimum absolute atomic E-state index is 0.455. The minimum Gasteiger partial charge on any atom is -0.381 e. The van der Waals surface area contributed by atoms with Gasteiger partial charge in [0.05, 0.1) is 0 Å². The summed E-state index contributed by atoms with van der Waals surface area (Å²) in [7, 11) is 0. The Kier molecular flexibility index (Phi) is 5.67. The molecule has 18 heavy (non-hydrogen) atoms. The zero-order chi connectivity index (χ0) is 13.8. The van der Waals surface area contributed by atoms with Gasteiger partial charge in [0.15, 0.2) is 0 Å². The van der Waals surface area contributed by atoms with Gasteiger partial charge in [0, 0.05) is 26.4 Å². The highest BCUT2D eigenvalue weighted by atomic mass is 16.5. The largest absolute Gasteiger partial charge is 0.381 e. The summed E-state index contributed by atoms with van der Waals surface area (Å²) in [5.74, 6) is 1.58. The monoisotopic (exact) mass is 256 g/mol. The molecule has 0 aliphatic carbocycles. The molecule has 0 amide bonds. The highest BCUT2D eigenvalue weighted by Crippen LogP contribution is 2.32. The number of rotatable bonds is 0. The Morgan fingerprint density at radius 3 is 1.11 bits per heavy atom. The van der Waals surface area contributed by atoms with Crippen LogP contribution in [-0.4, -0.2) is 26.4 Å². The summed E-state index contributed by atoms with van der Waals surface area (Å²) in [6, 6.07) is 0. The van der Waals surface area contributed by atoms with Gasteiger partial charge < -0.3 is 9.47 Å². The average Bonchev–Trinajstić information content (AvgIpc) is 2.91. The molecule has 0 aromatic rings. The van der Waals surface area contributed by atoms with Gasteiger partial charge in [0.25, 0.3) is 0 Å². The lowest BCUT2D eigenvalue weighted by Gasteiger charge is -2.24. The summed E-state index contributed by atoms with van der Waals surface area (Å²) in [5, 5.41) is 0. The Hall–Kier alpha value is -0.0800. The first kappa shape index (κ1) is 16.0. The minimum atomic E-state index is 0.455. The third-order valence-electron chi connectivity index (χ3n) is 4.31. The van der Waals surface area contributed by atoms with Crippen molar-refractivity contribution in [3.8, 4) is 0 Å². The van der Waals surface area contributed by atoms with E-state index in [2.05, 4.69) is 41.5 Å². The molecule has 2 rings (SSSR count). The summed E-state index contributed by atoms with van der Waals surface area (Å²) in [6.07, 6.45) is 2.51. The Morgan fingerprint density at radius 2 is 1.00 bits per heavy atom. The van der Waals surface area contributed by atoms with E-state index in [0.717, 1.165) is 38.3 Å². The fourth-order valence-corrected chi connectivity index (χ4v) is 2.44. The summed E-state index contributed by atoms with van der Waals surface area (Å²) >= 11 is 0. The molecule has 2 heterocycles. The molecule has 2 saturated heterocycles. The van der Waals surface area contributed by atoms with E-state index in [1.165, 1.54) is 12.8 Å². The van der Waals surface area contributed by atoms with E-state index in [9.17, 15) is 0 Å². The average molecular weight is 256 g/mol. The molecule has 0 N–H and O–H groups in total. The van der Waals surface area contributed by atoms with Crippen LogP contribution in [0.3, 0.4) is 0 Å². The van der Waals surface area contributed by atoms with Gasteiger partial charge in [0.1, 0.15) is 0 Å². The number of ether oxygens (including phenoxy) is 2. The van der Waals surface area contributed by atoms with Crippen molar-refractivity contribution in [3.63, 3.8) is 0 Å². The maximum atomic E-state index is 5.28. The van der Waals surface area contributed by atoms with Crippen molar-refractivity contribution in [2.75, 3.05) is 26.4 Å². The standard InChI is InChI=1S/2C8H16O/c2*1-8(2,3)7-4-5-9-6-7/h2*7H,4-6H2,1-3H3/t2*7-/m10/s1. The second-order valence-corrected chi connectivity index (χ2v) is 7.85. The predicted octanol–water partition coefficient (Wildman–Crippen LogP) is 4.14. The van der Waals surface area contributed by atoms with Gasteiger partial charge in [-0.25, -0.2) is 0 Å². The Balaban J connectivity index is 0.000000180. The van der Waals surface area contributed by atoms with E-state index in [1.807, 2.05) is 0 Å². The molecule has 108 valence electrons. The molecule has 0 spiro atoms. The summed E-state index contributed by atoms with van der Waals surface area (Å²) in [6.45, 7) is 17.6. The van der Waals surface area contributed by atoms with Crippen molar-refractivity contribution >= 4 is 0 Å². The first-order valence-electron chi connectivity index (χ1n) is 7.37. The fourth-order valence-electron chi connectivity index (χ4n) is 2.44. The maximum absolute atomic E-state index is 5.28. The van der Waals surface area contributed by atoms with Crippen molar-refractivity contribution in [2.24, 2.45) is 22.7 Å². The lowest BCUT2D eigenvalue weighted by atomic mass is 9.80. The Labute approximate surface area is 113 Å². The highest BCUT2D eigenvalue weighted by molar-refractivity contribution is 4.77. The number of hydrogen-bond donors (Lipinski definition) is 0.